The molecule has 2 nitrogen and oxygen atoms in total. The molecule has 1 rings (SSSR count). The molecule has 0 N–H and O–H groups in total. The Labute approximate surface area is 94.1 Å². The zero-order valence-corrected chi connectivity index (χ0v) is 9.76. The number of thioether (sulfide) groups is 1. The second-order valence-corrected chi connectivity index (χ2v) is 4.69. The van der Waals surface area contributed by atoms with Gasteiger partial charge < -0.3 is 4.79 Å². The minimum Gasteiger partial charge on any atom is -0.300 e. The van der Waals surface area contributed by atoms with E-state index in [9.17, 15) is 9.59 Å². The van der Waals surface area contributed by atoms with Crippen LogP contribution in [0.1, 0.15) is 25.8 Å². The van der Waals surface area contributed by atoms with Crippen LogP contribution in [0.3, 0.4) is 0 Å². The highest BCUT2D eigenvalue weighted by molar-refractivity contribution is 8.13. The number of hydrogen-bond acceptors (Lipinski definition) is 3. The van der Waals surface area contributed by atoms with Crippen LogP contribution in [0.2, 0.25) is 0 Å². The molecule has 0 amide bonds. The molecule has 0 aliphatic carbocycles. The molecule has 1 aromatic carbocycles. The molecule has 0 bridgehead atoms. The van der Waals surface area contributed by atoms with Gasteiger partial charge >= 0.3 is 0 Å². The van der Waals surface area contributed by atoms with Gasteiger partial charge in [-0.3, -0.25) is 4.79 Å². The van der Waals surface area contributed by atoms with Crippen molar-refractivity contribution in [3.63, 3.8) is 0 Å². The maximum absolute atomic E-state index is 10.8. The molecule has 3 heteroatoms. The summed E-state index contributed by atoms with van der Waals surface area (Å²) in [7, 11) is 0. The van der Waals surface area contributed by atoms with Crippen molar-refractivity contribution in [2.45, 2.75) is 31.6 Å². The zero-order valence-electron chi connectivity index (χ0n) is 8.95. The molecule has 0 aliphatic heterocycles. The Morgan fingerprint density at radius 2 is 1.73 bits per heavy atom. The van der Waals surface area contributed by atoms with E-state index in [0.717, 1.165) is 16.9 Å². The van der Waals surface area contributed by atoms with Gasteiger partial charge in [0.2, 0.25) is 0 Å². The van der Waals surface area contributed by atoms with Gasteiger partial charge in [0.25, 0.3) is 0 Å². The van der Waals surface area contributed by atoms with Gasteiger partial charge in [0.15, 0.2) is 5.12 Å². The molecule has 1 aromatic rings. The highest BCUT2D eigenvalue weighted by atomic mass is 32.2. The smallest absolute Gasteiger partial charge is 0.190 e. The predicted octanol–water partition coefficient (Wildman–Crippen LogP) is 2.85. The van der Waals surface area contributed by atoms with Crippen LogP contribution < -0.4 is 0 Å². The van der Waals surface area contributed by atoms with Crippen molar-refractivity contribution in [1.82, 2.24) is 0 Å². The number of aryl methyl sites for hydroxylation is 1. The van der Waals surface area contributed by atoms with Crippen LogP contribution in [0, 0.1) is 0 Å². The first-order valence-corrected chi connectivity index (χ1v) is 5.66. The van der Waals surface area contributed by atoms with Crippen LogP contribution >= 0.6 is 11.8 Å². The first kappa shape index (κ1) is 12.0. The Bertz CT molecular complexity index is 354. The van der Waals surface area contributed by atoms with Crippen molar-refractivity contribution in [1.29, 1.82) is 0 Å². The van der Waals surface area contributed by atoms with Gasteiger partial charge in [-0.15, -0.1) is 0 Å². The topological polar surface area (TPSA) is 34.1 Å². The van der Waals surface area contributed by atoms with Crippen LogP contribution in [0.25, 0.3) is 0 Å². The van der Waals surface area contributed by atoms with Crippen molar-refractivity contribution in [2.75, 3.05) is 0 Å². The number of benzene rings is 1. The van der Waals surface area contributed by atoms with Crippen LogP contribution in [-0.2, 0) is 16.0 Å². The fourth-order valence-corrected chi connectivity index (χ4v) is 1.81. The lowest BCUT2D eigenvalue weighted by Gasteiger charge is -2.01. The van der Waals surface area contributed by atoms with E-state index in [1.807, 2.05) is 24.3 Å². The third-order valence-corrected chi connectivity index (χ3v) is 2.75. The molecular weight excluding hydrogens is 208 g/mol. The molecule has 0 saturated heterocycles. The van der Waals surface area contributed by atoms with Gasteiger partial charge in [-0.2, -0.15) is 0 Å². The Kier molecular flexibility index (Phi) is 4.56. The molecule has 0 unspecified atom stereocenters. The standard InChI is InChI=1S/C12H14O2S/c1-9(13)3-4-11-5-7-12(8-6-11)15-10(2)14/h5-8H,3-4H2,1-2H3. The quantitative estimate of drug-likeness (QED) is 0.735. The normalized spacial score (nSPS) is 10.0. The van der Waals surface area contributed by atoms with Crippen LogP contribution in [0.15, 0.2) is 29.2 Å². The Morgan fingerprint density at radius 1 is 1.13 bits per heavy atom. The lowest BCUT2D eigenvalue weighted by Crippen LogP contribution is -1.93. The van der Waals surface area contributed by atoms with Gasteiger partial charge in [-0.25, -0.2) is 0 Å². The van der Waals surface area contributed by atoms with Crippen LogP contribution in [0.4, 0.5) is 0 Å². The molecule has 0 aromatic heterocycles. The van der Waals surface area contributed by atoms with E-state index in [-0.39, 0.29) is 10.9 Å². The fourth-order valence-electron chi connectivity index (χ4n) is 1.21. The molecule has 15 heavy (non-hydrogen) atoms. The minimum absolute atomic E-state index is 0.0893. The predicted molar refractivity (Wildman–Crippen MR) is 62.0 cm³/mol. The van der Waals surface area contributed by atoms with E-state index >= 15 is 0 Å². The summed E-state index contributed by atoms with van der Waals surface area (Å²) in [4.78, 5) is 22.6. The van der Waals surface area contributed by atoms with E-state index in [4.69, 9.17) is 0 Å². The number of hydrogen-bond donors (Lipinski definition) is 0. The second-order valence-electron chi connectivity index (χ2n) is 3.44. The maximum Gasteiger partial charge on any atom is 0.190 e. The number of Topliss-reactive ketones (excluding diaryl/α,β-unsaturated/α-hetero) is 1. The number of ketones is 1. The highest BCUT2D eigenvalue weighted by Gasteiger charge is 2.00. The molecule has 0 aliphatic rings. The highest BCUT2D eigenvalue weighted by Crippen LogP contribution is 2.19. The van der Waals surface area contributed by atoms with E-state index in [1.54, 1.807) is 13.8 Å². The fraction of sp³-hybridized carbons (Fsp3) is 0.333. The van der Waals surface area contributed by atoms with Crippen molar-refractivity contribution in [3.8, 4) is 0 Å². The van der Waals surface area contributed by atoms with Crippen molar-refractivity contribution < 1.29 is 9.59 Å². The van der Waals surface area contributed by atoms with E-state index in [2.05, 4.69) is 0 Å². The minimum atomic E-state index is 0.0893. The Balaban J connectivity index is 2.56. The van der Waals surface area contributed by atoms with E-state index < -0.39 is 0 Å². The maximum atomic E-state index is 10.8. The number of carbonyl (C=O) groups excluding carboxylic acids is 2. The van der Waals surface area contributed by atoms with Gasteiger partial charge in [0.1, 0.15) is 5.78 Å². The van der Waals surface area contributed by atoms with Crippen molar-refractivity contribution >= 4 is 22.7 Å². The molecule has 0 atom stereocenters. The summed E-state index contributed by atoms with van der Waals surface area (Å²) >= 11 is 1.23. The Morgan fingerprint density at radius 3 is 2.20 bits per heavy atom. The first-order chi connectivity index (χ1) is 7.08. The van der Waals surface area contributed by atoms with Crippen molar-refractivity contribution in [2.24, 2.45) is 0 Å². The summed E-state index contributed by atoms with van der Waals surface area (Å²) in [5, 5.41) is 0.0893. The number of carbonyl (C=O) groups is 2. The van der Waals surface area contributed by atoms with Crippen LogP contribution in [0.5, 0.6) is 0 Å². The average Bonchev–Trinajstić information content (AvgIpc) is 2.16. The van der Waals surface area contributed by atoms with Crippen molar-refractivity contribution in [3.05, 3.63) is 29.8 Å². The molecule has 0 saturated carbocycles. The van der Waals surface area contributed by atoms with Gasteiger partial charge in [0, 0.05) is 18.2 Å². The Hall–Kier alpha value is -1.09. The second kappa shape index (κ2) is 5.71. The first-order valence-electron chi connectivity index (χ1n) is 4.84. The lowest BCUT2D eigenvalue weighted by molar-refractivity contribution is -0.117. The van der Waals surface area contributed by atoms with Gasteiger partial charge in [-0.1, -0.05) is 23.9 Å². The SMILES string of the molecule is CC(=O)CCc1ccc(SC(C)=O)cc1. The third kappa shape index (κ3) is 4.79. The number of rotatable bonds is 4. The summed E-state index contributed by atoms with van der Waals surface area (Å²) in [6.07, 6.45) is 1.36. The largest absolute Gasteiger partial charge is 0.300 e. The monoisotopic (exact) mass is 222 g/mol. The zero-order chi connectivity index (χ0) is 11.3. The van der Waals surface area contributed by atoms with E-state index in [0.29, 0.717) is 6.42 Å². The summed E-state index contributed by atoms with van der Waals surface area (Å²) in [5.41, 5.74) is 1.14. The molecule has 0 spiro atoms. The summed E-state index contributed by atoms with van der Waals surface area (Å²) < 4.78 is 0. The van der Waals surface area contributed by atoms with Gasteiger partial charge in [0.05, 0.1) is 0 Å². The lowest BCUT2D eigenvalue weighted by atomic mass is 10.1. The summed E-state index contributed by atoms with van der Waals surface area (Å²) in [5.74, 6) is 0.206. The van der Waals surface area contributed by atoms with E-state index in [1.165, 1.54) is 11.8 Å². The molecule has 0 heterocycles. The van der Waals surface area contributed by atoms with Crippen LogP contribution in [-0.4, -0.2) is 10.9 Å². The molecule has 80 valence electrons. The third-order valence-electron chi connectivity index (χ3n) is 1.95. The summed E-state index contributed by atoms with van der Waals surface area (Å²) in [6, 6.07) is 7.77. The molecule has 0 radical (unpaired) electrons. The summed E-state index contributed by atoms with van der Waals surface area (Å²) in [6.45, 7) is 3.15. The molecular formula is C12H14O2S. The average molecular weight is 222 g/mol. The molecule has 0 fully saturated rings. The van der Waals surface area contributed by atoms with Gasteiger partial charge in [-0.05, 0) is 31.0 Å².